The fraction of sp³-hybridized carbons (Fsp3) is 0.667. The summed E-state index contributed by atoms with van der Waals surface area (Å²) in [7, 11) is 1.68. The summed E-state index contributed by atoms with van der Waals surface area (Å²) in [6, 6.07) is 6.58. The molecule has 1 amide bonds. The molecule has 0 spiro atoms. The number of likely N-dealkylation sites (tertiary alicyclic amines) is 1. The van der Waals surface area contributed by atoms with E-state index in [1.165, 1.54) is 5.56 Å². The van der Waals surface area contributed by atoms with Crippen molar-refractivity contribution in [3.63, 3.8) is 0 Å². The van der Waals surface area contributed by atoms with E-state index in [1.54, 1.807) is 7.11 Å². The zero-order valence-corrected chi connectivity index (χ0v) is 16.7. The minimum absolute atomic E-state index is 0.206. The number of carbonyl (C=O) groups excluding carboxylic acids is 1. The number of amides is 1. The minimum Gasteiger partial charge on any atom is -0.493 e. The topological polar surface area (TPSA) is 63.3 Å². The minimum atomic E-state index is 0.206. The average molecular weight is 389 g/mol. The summed E-state index contributed by atoms with van der Waals surface area (Å²) in [4.78, 5) is 16.4. The monoisotopic (exact) mass is 389 g/mol. The highest BCUT2D eigenvalue weighted by Gasteiger charge is 2.36. The normalized spacial score (nSPS) is 26.0. The number of rotatable bonds is 7. The van der Waals surface area contributed by atoms with Crippen molar-refractivity contribution in [3.05, 3.63) is 23.8 Å². The number of hydrogen-bond donors (Lipinski definition) is 1. The number of nitrogens with one attached hydrogen (secondary N) is 1. The van der Waals surface area contributed by atoms with Crippen LogP contribution in [0.4, 0.5) is 0 Å². The molecule has 0 radical (unpaired) electrons. The second kappa shape index (κ2) is 9.11. The molecule has 0 unspecified atom stereocenters. The Morgan fingerprint density at radius 1 is 1.18 bits per heavy atom. The summed E-state index contributed by atoms with van der Waals surface area (Å²) >= 11 is 0. The Hall–Kier alpha value is -1.83. The number of fused-ring (bicyclic) bond motifs is 1. The van der Waals surface area contributed by atoms with Crippen molar-refractivity contribution in [1.82, 2.24) is 15.1 Å². The summed E-state index contributed by atoms with van der Waals surface area (Å²) in [5.74, 6) is 2.23. The average Bonchev–Trinajstić information content (AvgIpc) is 3.08. The van der Waals surface area contributed by atoms with E-state index in [-0.39, 0.29) is 5.91 Å². The van der Waals surface area contributed by atoms with Gasteiger partial charge in [0.25, 0.3) is 0 Å². The first-order valence-corrected chi connectivity index (χ1v) is 10.3. The number of nitrogens with zero attached hydrogens (tertiary/aromatic N) is 2. The number of piperidine rings is 1. The van der Waals surface area contributed by atoms with Crippen molar-refractivity contribution in [2.45, 2.75) is 25.4 Å². The fourth-order valence-electron chi connectivity index (χ4n) is 4.45. The molecule has 0 bridgehead atoms. The zero-order chi connectivity index (χ0) is 19.3. The lowest BCUT2D eigenvalue weighted by Crippen LogP contribution is -2.44. The molecule has 0 saturated carbocycles. The van der Waals surface area contributed by atoms with Crippen molar-refractivity contribution >= 4 is 5.91 Å². The van der Waals surface area contributed by atoms with E-state index in [0.29, 0.717) is 25.0 Å². The van der Waals surface area contributed by atoms with Crippen LogP contribution in [0.25, 0.3) is 0 Å². The molecule has 4 rings (SSSR count). The molecule has 3 saturated heterocycles. The Labute approximate surface area is 166 Å². The summed E-state index contributed by atoms with van der Waals surface area (Å²) in [6.07, 6.45) is 1.70. The summed E-state index contributed by atoms with van der Waals surface area (Å²) in [6.45, 7) is 7.94. The maximum Gasteiger partial charge on any atom is 0.220 e. The molecule has 7 nitrogen and oxygen atoms in total. The lowest BCUT2D eigenvalue weighted by molar-refractivity contribution is -0.119. The number of methoxy groups -OCH3 is 1. The molecule has 3 fully saturated rings. The molecule has 0 aliphatic carbocycles. The van der Waals surface area contributed by atoms with E-state index in [9.17, 15) is 4.79 Å². The largest absolute Gasteiger partial charge is 0.493 e. The van der Waals surface area contributed by atoms with E-state index < -0.39 is 0 Å². The smallest absolute Gasteiger partial charge is 0.220 e. The van der Waals surface area contributed by atoms with E-state index in [0.717, 1.165) is 70.4 Å². The summed E-state index contributed by atoms with van der Waals surface area (Å²) in [5, 5.41) is 3.10. The molecule has 7 heteroatoms. The molecule has 154 valence electrons. The van der Waals surface area contributed by atoms with Crippen LogP contribution in [0.3, 0.4) is 0 Å². The highest BCUT2D eigenvalue weighted by molar-refractivity contribution is 5.79. The number of benzene rings is 1. The predicted molar refractivity (Wildman–Crippen MR) is 106 cm³/mol. The molecular formula is C21H31N3O4. The highest BCUT2D eigenvalue weighted by Crippen LogP contribution is 2.30. The van der Waals surface area contributed by atoms with Crippen LogP contribution in [0.5, 0.6) is 11.5 Å². The van der Waals surface area contributed by atoms with Gasteiger partial charge < -0.3 is 19.5 Å². The van der Waals surface area contributed by atoms with Gasteiger partial charge in [-0.2, -0.15) is 0 Å². The fourth-order valence-corrected chi connectivity index (χ4v) is 4.45. The van der Waals surface area contributed by atoms with Gasteiger partial charge in [0, 0.05) is 57.6 Å². The standard InChI is InChI=1S/C21H31N3O4/c1-26-19-3-2-16(12-20(19)28-11-8-23-6-9-27-10-7-23)14-24-5-4-18-17(15-24)13-21(25)22-18/h2-3,12,17-18H,4-11,13-15H2,1H3,(H,22,25)/t17-,18+/m1/s1. The molecule has 1 aromatic rings. The molecule has 28 heavy (non-hydrogen) atoms. The van der Waals surface area contributed by atoms with E-state index in [4.69, 9.17) is 14.2 Å². The van der Waals surface area contributed by atoms with Crippen LogP contribution in [-0.4, -0.2) is 81.4 Å². The maximum atomic E-state index is 11.6. The van der Waals surface area contributed by atoms with Crippen molar-refractivity contribution in [2.24, 2.45) is 5.92 Å². The van der Waals surface area contributed by atoms with E-state index in [2.05, 4.69) is 27.2 Å². The van der Waals surface area contributed by atoms with E-state index >= 15 is 0 Å². The molecule has 3 aliphatic heterocycles. The number of ether oxygens (including phenoxy) is 3. The second-order valence-corrected chi connectivity index (χ2v) is 7.95. The zero-order valence-electron chi connectivity index (χ0n) is 16.7. The van der Waals surface area contributed by atoms with Gasteiger partial charge in [0.15, 0.2) is 11.5 Å². The molecule has 0 aromatic heterocycles. The maximum absolute atomic E-state index is 11.6. The molecule has 3 heterocycles. The Bertz CT molecular complexity index is 678. The van der Waals surface area contributed by atoms with Crippen LogP contribution >= 0.6 is 0 Å². The van der Waals surface area contributed by atoms with Gasteiger partial charge in [-0.3, -0.25) is 14.6 Å². The van der Waals surface area contributed by atoms with Gasteiger partial charge in [-0.05, 0) is 24.1 Å². The first kappa shape index (κ1) is 19.5. The lowest BCUT2D eigenvalue weighted by atomic mass is 9.93. The number of carbonyl (C=O) groups is 1. The van der Waals surface area contributed by atoms with Crippen LogP contribution in [-0.2, 0) is 16.1 Å². The SMILES string of the molecule is COc1ccc(CN2CC[C@@H]3NC(=O)C[C@@H]3C2)cc1OCCN1CCOCC1. The van der Waals surface area contributed by atoms with Crippen LogP contribution < -0.4 is 14.8 Å². The second-order valence-electron chi connectivity index (χ2n) is 7.95. The van der Waals surface area contributed by atoms with Crippen molar-refractivity contribution in [3.8, 4) is 11.5 Å². The van der Waals surface area contributed by atoms with Crippen molar-refractivity contribution in [2.75, 3.05) is 59.7 Å². The molecule has 3 aliphatic rings. The Balaban J connectivity index is 1.32. The highest BCUT2D eigenvalue weighted by atomic mass is 16.5. The van der Waals surface area contributed by atoms with Crippen LogP contribution in [0.15, 0.2) is 18.2 Å². The lowest BCUT2D eigenvalue weighted by Gasteiger charge is -2.34. The first-order valence-electron chi connectivity index (χ1n) is 10.3. The first-order chi connectivity index (χ1) is 13.7. The van der Waals surface area contributed by atoms with Gasteiger partial charge in [-0.25, -0.2) is 0 Å². The quantitative estimate of drug-likeness (QED) is 0.754. The Morgan fingerprint density at radius 3 is 2.86 bits per heavy atom. The number of morpholine rings is 1. The molecule has 2 atom stereocenters. The molecular weight excluding hydrogens is 358 g/mol. The predicted octanol–water partition coefficient (Wildman–Crippen LogP) is 1.12. The molecule has 1 N–H and O–H groups in total. The Morgan fingerprint density at radius 2 is 2.04 bits per heavy atom. The van der Waals surface area contributed by atoms with Crippen LogP contribution in [0.2, 0.25) is 0 Å². The van der Waals surface area contributed by atoms with Gasteiger partial charge in [-0.15, -0.1) is 0 Å². The molecule has 1 aromatic carbocycles. The van der Waals surface area contributed by atoms with Crippen LogP contribution in [0, 0.1) is 5.92 Å². The van der Waals surface area contributed by atoms with Gasteiger partial charge in [0.05, 0.1) is 20.3 Å². The number of hydrogen-bond acceptors (Lipinski definition) is 6. The van der Waals surface area contributed by atoms with Crippen molar-refractivity contribution < 1.29 is 19.0 Å². The Kier molecular flexibility index (Phi) is 6.34. The van der Waals surface area contributed by atoms with Gasteiger partial charge in [0.2, 0.25) is 5.91 Å². The van der Waals surface area contributed by atoms with Gasteiger partial charge >= 0.3 is 0 Å². The van der Waals surface area contributed by atoms with Crippen molar-refractivity contribution in [1.29, 1.82) is 0 Å². The third-order valence-electron chi connectivity index (χ3n) is 6.02. The van der Waals surface area contributed by atoms with E-state index in [1.807, 2.05) is 6.07 Å². The van der Waals surface area contributed by atoms with Crippen LogP contribution in [0.1, 0.15) is 18.4 Å². The third kappa shape index (κ3) is 4.77. The summed E-state index contributed by atoms with van der Waals surface area (Å²) in [5.41, 5.74) is 1.22. The van der Waals surface area contributed by atoms with Gasteiger partial charge in [-0.1, -0.05) is 6.07 Å². The third-order valence-corrected chi connectivity index (χ3v) is 6.02. The summed E-state index contributed by atoms with van der Waals surface area (Å²) < 4.78 is 16.9. The van der Waals surface area contributed by atoms with Gasteiger partial charge in [0.1, 0.15) is 6.61 Å².